The number of dihydropyridines is 1. The number of nitrogens with zero attached hydrogens (tertiary/aromatic N) is 3. The first kappa shape index (κ1) is 21.5. The molecular formula is C21H22F3N5OS. The number of nitrogens with one attached hydrogen (secondary N) is 1. The molecule has 2 aliphatic heterocycles. The fraction of sp³-hybridized carbons (Fsp3) is 0.381. The van der Waals surface area contributed by atoms with Crippen molar-refractivity contribution in [3.05, 3.63) is 58.2 Å². The molecule has 1 fully saturated rings. The number of benzene rings is 1. The molecule has 0 aliphatic carbocycles. The highest BCUT2D eigenvalue weighted by molar-refractivity contribution is 7.17. The molecule has 0 radical (unpaired) electrons. The maximum atomic E-state index is 13.6. The van der Waals surface area contributed by atoms with Gasteiger partial charge >= 0.3 is 6.18 Å². The number of thiazole rings is 1. The first-order valence-corrected chi connectivity index (χ1v) is 10.8. The Kier molecular flexibility index (Phi) is 6.10. The minimum Gasteiger partial charge on any atom is -0.348 e. The monoisotopic (exact) mass is 449 g/mol. The van der Waals surface area contributed by atoms with Gasteiger partial charge < -0.3 is 16.0 Å². The van der Waals surface area contributed by atoms with E-state index in [1.165, 1.54) is 11.8 Å². The van der Waals surface area contributed by atoms with Crippen molar-refractivity contribution >= 4 is 28.6 Å². The SMILES string of the molecule is NC1CC=C(NC(=O)c2sc(N3CCC(c4ccccc4)CC3)nc2C(F)(F)F)C=N1. The van der Waals surface area contributed by atoms with Crippen LogP contribution in [0.1, 0.15) is 46.1 Å². The minimum absolute atomic E-state index is 0.220. The van der Waals surface area contributed by atoms with E-state index in [1.54, 1.807) is 6.08 Å². The molecule has 1 atom stereocenters. The lowest BCUT2D eigenvalue weighted by molar-refractivity contribution is -0.141. The Morgan fingerprint density at radius 2 is 1.90 bits per heavy atom. The number of allylic oxidation sites excluding steroid dienone is 1. The van der Waals surface area contributed by atoms with Gasteiger partial charge in [-0.1, -0.05) is 47.7 Å². The zero-order valence-corrected chi connectivity index (χ0v) is 17.4. The summed E-state index contributed by atoms with van der Waals surface area (Å²) in [6, 6.07) is 10.1. The molecule has 1 saturated heterocycles. The second kappa shape index (κ2) is 8.80. The topological polar surface area (TPSA) is 83.6 Å². The van der Waals surface area contributed by atoms with Crippen molar-refractivity contribution in [2.75, 3.05) is 18.0 Å². The summed E-state index contributed by atoms with van der Waals surface area (Å²) in [5.41, 5.74) is 6.05. The van der Waals surface area contributed by atoms with E-state index in [-0.39, 0.29) is 5.13 Å². The van der Waals surface area contributed by atoms with Crippen LogP contribution in [0.25, 0.3) is 0 Å². The zero-order chi connectivity index (χ0) is 22.0. The van der Waals surface area contributed by atoms with Crippen LogP contribution in [0.4, 0.5) is 18.3 Å². The number of rotatable bonds is 4. The summed E-state index contributed by atoms with van der Waals surface area (Å²) in [6.07, 6.45) is -0.0924. The molecule has 2 aromatic rings. The molecule has 1 unspecified atom stereocenters. The molecule has 4 rings (SSSR count). The second-order valence-electron chi connectivity index (χ2n) is 7.54. The largest absolute Gasteiger partial charge is 0.435 e. The number of carbonyl (C=O) groups excluding carboxylic acids is 1. The Bertz CT molecular complexity index is 994. The highest BCUT2D eigenvalue weighted by Crippen LogP contribution is 2.39. The number of alkyl halides is 3. The molecule has 1 aromatic heterocycles. The summed E-state index contributed by atoms with van der Waals surface area (Å²) in [4.78, 5) is 21.8. The number of anilines is 1. The number of piperidine rings is 1. The number of amides is 1. The number of aromatic nitrogens is 1. The number of hydrogen-bond acceptors (Lipinski definition) is 6. The van der Waals surface area contributed by atoms with Gasteiger partial charge in [-0.25, -0.2) is 4.98 Å². The summed E-state index contributed by atoms with van der Waals surface area (Å²) in [5, 5.41) is 2.70. The molecule has 0 spiro atoms. The molecule has 1 amide bonds. The number of aliphatic imine (C=N–C) groups is 1. The van der Waals surface area contributed by atoms with E-state index in [9.17, 15) is 18.0 Å². The average molecular weight is 450 g/mol. The van der Waals surface area contributed by atoms with Gasteiger partial charge in [0.25, 0.3) is 5.91 Å². The molecular weight excluding hydrogens is 427 g/mol. The van der Waals surface area contributed by atoms with Crippen LogP contribution in [-0.4, -0.2) is 36.4 Å². The molecule has 10 heteroatoms. The average Bonchev–Trinajstić information content (AvgIpc) is 3.23. The van der Waals surface area contributed by atoms with Gasteiger partial charge in [-0.05, 0) is 24.3 Å². The van der Waals surface area contributed by atoms with Gasteiger partial charge in [0.2, 0.25) is 0 Å². The predicted molar refractivity (Wildman–Crippen MR) is 114 cm³/mol. The van der Waals surface area contributed by atoms with Gasteiger partial charge in [-0.2, -0.15) is 13.2 Å². The molecule has 1 aromatic carbocycles. The van der Waals surface area contributed by atoms with Crippen LogP contribution in [0, 0.1) is 0 Å². The summed E-state index contributed by atoms with van der Waals surface area (Å²) in [7, 11) is 0. The van der Waals surface area contributed by atoms with Gasteiger partial charge in [-0.3, -0.25) is 9.79 Å². The van der Waals surface area contributed by atoms with Gasteiger partial charge in [0, 0.05) is 25.7 Å². The van der Waals surface area contributed by atoms with Crippen LogP contribution in [0.15, 0.2) is 47.1 Å². The molecule has 164 valence electrons. The van der Waals surface area contributed by atoms with Crippen LogP contribution in [0.3, 0.4) is 0 Å². The Labute approximate surface area is 181 Å². The normalized spacial score (nSPS) is 19.9. The van der Waals surface area contributed by atoms with Crippen molar-refractivity contribution in [2.24, 2.45) is 10.7 Å². The van der Waals surface area contributed by atoms with E-state index in [1.807, 2.05) is 23.1 Å². The van der Waals surface area contributed by atoms with Crippen molar-refractivity contribution in [3.8, 4) is 0 Å². The number of nitrogens with two attached hydrogens (primary N) is 1. The zero-order valence-electron chi connectivity index (χ0n) is 16.6. The number of halogens is 3. The maximum Gasteiger partial charge on any atom is 0.435 e. The Morgan fingerprint density at radius 3 is 2.52 bits per heavy atom. The van der Waals surface area contributed by atoms with Crippen molar-refractivity contribution in [3.63, 3.8) is 0 Å². The smallest absolute Gasteiger partial charge is 0.348 e. The van der Waals surface area contributed by atoms with E-state index in [0.29, 0.717) is 31.1 Å². The van der Waals surface area contributed by atoms with Gasteiger partial charge in [0.1, 0.15) is 11.0 Å². The van der Waals surface area contributed by atoms with E-state index in [0.717, 1.165) is 24.2 Å². The predicted octanol–water partition coefficient (Wildman–Crippen LogP) is 3.92. The minimum atomic E-state index is -4.72. The fourth-order valence-corrected chi connectivity index (χ4v) is 4.76. The lowest BCUT2D eigenvalue weighted by Gasteiger charge is -2.32. The highest BCUT2D eigenvalue weighted by atomic mass is 32.1. The van der Waals surface area contributed by atoms with Crippen LogP contribution in [0.2, 0.25) is 0 Å². The summed E-state index contributed by atoms with van der Waals surface area (Å²) >= 11 is 0.774. The standard InChI is InChI=1S/C21H22F3N5OS/c22-21(23,24)18-17(19(30)27-15-6-7-16(25)26-12-15)31-20(28-18)29-10-8-14(9-11-29)13-4-2-1-3-5-13/h1-6,12,14,16H,7-11,25H2,(H,27,30). The van der Waals surface area contributed by atoms with Gasteiger partial charge in [0.15, 0.2) is 10.8 Å². The summed E-state index contributed by atoms with van der Waals surface area (Å²) in [6.45, 7) is 1.17. The number of hydrogen-bond donors (Lipinski definition) is 2. The van der Waals surface area contributed by atoms with Crippen molar-refractivity contribution in [1.82, 2.24) is 10.3 Å². The van der Waals surface area contributed by atoms with Crippen molar-refractivity contribution in [2.45, 2.75) is 37.5 Å². The molecule has 0 bridgehead atoms. The van der Waals surface area contributed by atoms with Crippen LogP contribution < -0.4 is 16.0 Å². The van der Waals surface area contributed by atoms with Crippen LogP contribution in [-0.2, 0) is 6.18 Å². The van der Waals surface area contributed by atoms with E-state index < -0.39 is 28.8 Å². The maximum absolute atomic E-state index is 13.6. The third-order valence-corrected chi connectivity index (χ3v) is 6.48. The Balaban J connectivity index is 1.50. The van der Waals surface area contributed by atoms with Crippen molar-refractivity contribution < 1.29 is 18.0 Å². The van der Waals surface area contributed by atoms with E-state index in [2.05, 4.69) is 27.4 Å². The van der Waals surface area contributed by atoms with Gasteiger partial charge in [0.05, 0.1) is 5.70 Å². The lowest BCUT2D eigenvalue weighted by atomic mass is 9.90. The lowest BCUT2D eigenvalue weighted by Crippen LogP contribution is -2.32. The van der Waals surface area contributed by atoms with Gasteiger partial charge in [-0.15, -0.1) is 0 Å². The van der Waals surface area contributed by atoms with E-state index >= 15 is 0 Å². The first-order valence-electron chi connectivity index (χ1n) is 9.99. The quantitative estimate of drug-likeness (QED) is 0.741. The molecule has 0 saturated carbocycles. The highest BCUT2D eigenvalue weighted by Gasteiger charge is 2.40. The first-order chi connectivity index (χ1) is 14.8. The third-order valence-electron chi connectivity index (χ3n) is 5.37. The molecule has 3 heterocycles. The Morgan fingerprint density at radius 1 is 1.19 bits per heavy atom. The fourth-order valence-electron chi connectivity index (χ4n) is 3.73. The number of carbonyl (C=O) groups is 1. The molecule has 3 N–H and O–H groups in total. The van der Waals surface area contributed by atoms with E-state index in [4.69, 9.17) is 5.73 Å². The summed E-state index contributed by atoms with van der Waals surface area (Å²) < 4.78 is 40.8. The third kappa shape index (κ3) is 4.96. The molecule has 6 nitrogen and oxygen atoms in total. The van der Waals surface area contributed by atoms with Crippen molar-refractivity contribution in [1.29, 1.82) is 0 Å². The molecule has 2 aliphatic rings. The second-order valence-corrected chi connectivity index (χ2v) is 8.52. The van der Waals surface area contributed by atoms with Crippen LogP contribution >= 0.6 is 11.3 Å². The Hall–Kier alpha value is -2.72. The summed E-state index contributed by atoms with van der Waals surface area (Å²) in [5.74, 6) is -0.477. The van der Waals surface area contributed by atoms with Crippen LogP contribution in [0.5, 0.6) is 0 Å². The molecule has 31 heavy (non-hydrogen) atoms.